The molecule has 3 aliphatic heterocycles. The lowest BCUT2D eigenvalue weighted by Crippen LogP contribution is -2.56. The average molecular weight is 415 g/mol. The van der Waals surface area contributed by atoms with Crippen LogP contribution in [0.1, 0.15) is 28.2 Å². The highest BCUT2D eigenvalue weighted by Crippen LogP contribution is 2.47. The first-order valence-corrected chi connectivity index (χ1v) is 11.0. The summed E-state index contributed by atoms with van der Waals surface area (Å²) < 4.78 is 34.1. The Kier molecular flexibility index (Phi) is 4.19. The summed E-state index contributed by atoms with van der Waals surface area (Å²) in [6.45, 7) is 2.92. The Morgan fingerprint density at radius 2 is 2.03 bits per heavy atom. The third-order valence-electron chi connectivity index (χ3n) is 5.91. The van der Waals surface area contributed by atoms with Crippen molar-refractivity contribution in [3.63, 3.8) is 0 Å². The van der Waals surface area contributed by atoms with Crippen molar-refractivity contribution in [3.05, 3.63) is 53.9 Å². The van der Waals surface area contributed by atoms with Crippen molar-refractivity contribution >= 4 is 15.9 Å². The number of likely N-dealkylation sites (tertiary alicyclic amines) is 1. The zero-order chi connectivity index (χ0) is 20.2. The molecule has 3 aliphatic rings. The second kappa shape index (κ2) is 6.54. The highest BCUT2D eigenvalue weighted by atomic mass is 32.2. The summed E-state index contributed by atoms with van der Waals surface area (Å²) in [5.74, 6) is -0.240. The van der Waals surface area contributed by atoms with Crippen molar-refractivity contribution in [3.8, 4) is 0 Å². The fraction of sp³-hybridized carbons (Fsp3) is 0.474. The minimum atomic E-state index is -3.52. The number of carbonyl (C=O) groups is 1. The maximum atomic E-state index is 13.2. The van der Waals surface area contributed by atoms with Gasteiger partial charge in [-0.25, -0.2) is 13.4 Å². The van der Waals surface area contributed by atoms with Crippen LogP contribution in [0.4, 0.5) is 0 Å². The lowest BCUT2D eigenvalue weighted by molar-refractivity contribution is -0.0981. The summed E-state index contributed by atoms with van der Waals surface area (Å²) in [4.78, 5) is 26.9. The second-order valence-electron chi connectivity index (χ2n) is 7.93. The third kappa shape index (κ3) is 3.02. The second-order valence-corrected chi connectivity index (χ2v) is 10.0. The third-order valence-corrected chi connectivity index (χ3v) is 8.23. The van der Waals surface area contributed by atoms with E-state index < -0.39 is 20.9 Å². The van der Waals surface area contributed by atoms with E-state index in [-0.39, 0.29) is 37.3 Å². The lowest BCUT2D eigenvalue weighted by Gasteiger charge is -2.39. The van der Waals surface area contributed by atoms with Gasteiger partial charge in [0.15, 0.2) is 0 Å². The number of amides is 1. The van der Waals surface area contributed by atoms with Crippen molar-refractivity contribution in [1.29, 1.82) is 0 Å². The van der Waals surface area contributed by atoms with Crippen molar-refractivity contribution in [2.24, 2.45) is 0 Å². The Balaban J connectivity index is 1.41. The highest BCUT2D eigenvalue weighted by Gasteiger charge is 2.65. The number of nitrogens with zero attached hydrogens (tertiary/aromatic N) is 5. The number of aryl methyl sites for hydroxylation is 1. The van der Waals surface area contributed by atoms with Crippen LogP contribution in [0.15, 0.2) is 36.9 Å². The number of morpholine rings is 1. The number of fused-ring (bicyclic) bond motifs is 1. The molecule has 10 heteroatoms. The molecule has 5 heterocycles. The Bertz CT molecular complexity index is 1050. The van der Waals surface area contributed by atoms with E-state index in [1.807, 2.05) is 0 Å². The number of ether oxygens (including phenoxy) is 1. The summed E-state index contributed by atoms with van der Waals surface area (Å²) in [5.41, 5.74) is 0.966. The molecule has 2 aromatic rings. The molecule has 0 saturated carbocycles. The highest BCUT2D eigenvalue weighted by molar-refractivity contribution is 7.90. The van der Waals surface area contributed by atoms with Crippen LogP contribution in [0.25, 0.3) is 0 Å². The molecule has 2 aromatic heterocycles. The van der Waals surface area contributed by atoms with E-state index in [1.54, 1.807) is 42.5 Å². The van der Waals surface area contributed by atoms with E-state index in [1.165, 1.54) is 10.5 Å². The number of pyridine rings is 1. The van der Waals surface area contributed by atoms with Gasteiger partial charge in [0, 0.05) is 38.2 Å². The normalized spacial score (nSPS) is 30.3. The summed E-state index contributed by atoms with van der Waals surface area (Å²) >= 11 is 0. The van der Waals surface area contributed by atoms with Gasteiger partial charge in [-0.05, 0) is 31.0 Å². The van der Waals surface area contributed by atoms with Crippen LogP contribution in [-0.2, 0) is 21.3 Å². The van der Waals surface area contributed by atoms with Crippen LogP contribution in [0.2, 0.25) is 0 Å². The maximum absolute atomic E-state index is 13.2. The molecule has 9 nitrogen and oxygen atoms in total. The molecular formula is C19H21N5O4S. The number of aromatic nitrogens is 3. The van der Waals surface area contributed by atoms with Crippen LogP contribution in [0, 0.1) is 6.92 Å². The molecule has 0 aliphatic carbocycles. The number of sulfonamides is 1. The molecular weight excluding hydrogens is 394 g/mol. The van der Waals surface area contributed by atoms with Crippen LogP contribution in [-0.4, -0.2) is 75.1 Å². The monoisotopic (exact) mass is 415 g/mol. The zero-order valence-corrected chi connectivity index (χ0v) is 16.7. The molecule has 0 aromatic carbocycles. The molecule has 0 N–H and O–H groups in total. The van der Waals surface area contributed by atoms with Gasteiger partial charge in [0.1, 0.15) is 16.5 Å². The first-order valence-electron chi connectivity index (χ1n) is 9.51. The van der Waals surface area contributed by atoms with Crippen molar-refractivity contribution in [2.45, 2.75) is 36.8 Å². The van der Waals surface area contributed by atoms with E-state index in [0.717, 1.165) is 11.3 Å². The topological polar surface area (TPSA) is 106 Å². The summed E-state index contributed by atoms with van der Waals surface area (Å²) in [5, 5.41) is -0.635. The Morgan fingerprint density at radius 1 is 1.24 bits per heavy atom. The number of rotatable bonds is 3. The molecule has 3 fully saturated rings. The molecule has 3 saturated heterocycles. The Labute approximate surface area is 168 Å². The first kappa shape index (κ1) is 18.6. The van der Waals surface area contributed by atoms with Gasteiger partial charge in [0.2, 0.25) is 10.0 Å². The molecule has 2 bridgehead atoms. The van der Waals surface area contributed by atoms with Gasteiger partial charge in [-0.15, -0.1) is 0 Å². The van der Waals surface area contributed by atoms with Gasteiger partial charge in [0.25, 0.3) is 5.91 Å². The average Bonchev–Trinajstić information content (AvgIpc) is 3.08. The van der Waals surface area contributed by atoms with Crippen molar-refractivity contribution in [1.82, 2.24) is 24.2 Å². The van der Waals surface area contributed by atoms with E-state index in [9.17, 15) is 13.2 Å². The minimum Gasteiger partial charge on any atom is -0.365 e. The smallest absolute Gasteiger partial charge is 0.274 e. The van der Waals surface area contributed by atoms with Crippen molar-refractivity contribution in [2.75, 3.05) is 19.6 Å². The zero-order valence-electron chi connectivity index (χ0n) is 15.9. The molecule has 0 unspecified atom stereocenters. The predicted octanol–water partition coefficient (Wildman–Crippen LogP) is 0.378. The fourth-order valence-corrected chi connectivity index (χ4v) is 6.89. The molecule has 1 spiro atoms. The molecule has 5 rings (SSSR count). The van der Waals surface area contributed by atoms with Crippen LogP contribution >= 0.6 is 0 Å². The van der Waals surface area contributed by atoms with Gasteiger partial charge in [-0.2, -0.15) is 4.31 Å². The summed E-state index contributed by atoms with van der Waals surface area (Å²) in [6.07, 6.45) is 6.43. The Morgan fingerprint density at radius 3 is 2.76 bits per heavy atom. The fourth-order valence-electron chi connectivity index (χ4n) is 4.60. The molecule has 0 radical (unpaired) electrons. The van der Waals surface area contributed by atoms with Crippen LogP contribution in [0.5, 0.6) is 0 Å². The van der Waals surface area contributed by atoms with Gasteiger partial charge in [-0.3, -0.25) is 14.8 Å². The van der Waals surface area contributed by atoms with Crippen LogP contribution in [0.3, 0.4) is 0 Å². The van der Waals surface area contributed by atoms with E-state index in [0.29, 0.717) is 13.0 Å². The van der Waals surface area contributed by atoms with E-state index in [4.69, 9.17) is 4.74 Å². The standard InChI is InChI=1S/C19H21N5O4S/c1-13-7-22-16(8-21-13)18(25)23-10-15-6-17-19(11-23,28-15)12-24(29(17,26)27)9-14-2-4-20-5-3-14/h2-5,7-8,15,17H,6,9-12H2,1H3/t15-,17+,19+/m1/s1. The SMILES string of the molecule is Cc1cnc(C(=O)N2C[C@H]3C[C@H]4[C@](C2)(CN(Cc2ccncc2)S4(=O)=O)O3)cn1. The van der Waals surface area contributed by atoms with Crippen LogP contribution < -0.4 is 0 Å². The Hall–Kier alpha value is -2.43. The number of hydrogen-bond acceptors (Lipinski definition) is 7. The van der Waals surface area contributed by atoms with Gasteiger partial charge in [0.05, 0.1) is 24.5 Å². The minimum absolute atomic E-state index is 0.231. The molecule has 1 amide bonds. The summed E-state index contributed by atoms with van der Waals surface area (Å²) in [7, 11) is -3.52. The van der Waals surface area contributed by atoms with Crippen molar-refractivity contribution < 1.29 is 17.9 Å². The maximum Gasteiger partial charge on any atom is 0.274 e. The summed E-state index contributed by atoms with van der Waals surface area (Å²) in [6, 6.07) is 3.61. The quantitative estimate of drug-likeness (QED) is 0.713. The van der Waals surface area contributed by atoms with Gasteiger partial charge >= 0.3 is 0 Å². The first-order chi connectivity index (χ1) is 13.9. The van der Waals surface area contributed by atoms with Gasteiger partial charge < -0.3 is 9.64 Å². The number of hydrogen-bond donors (Lipinski definition) is 0. The lowest BCUT2D eigenvalue weighted by atomic mass is 9.99. The molecule has 3 atom stereocenters. The van der Waals surface area contributed by atoms with Gasteiger partial charge in [-0.1, -0.05) is 0 Å². The molecule has 29 heavy (non-hydrogen) atoms. The predicted molar refractivity (Wildman–Crippen MR) is 102 cm³/mol. The number of carbonyl (C=O) groups excluding carboxylic acids is 1. The van der Waals surface area contributed by atoms with E-state index >= 15 is 0 Å². The molecule has 152 valence electrons. The largest absolute Gasteiger partial charge is 0.365 e. The van der Waals surface area contributed by atoms with E-state index in [2.05, 4.69) is 15.0 Å².